The minimum Gasteiger partial charge on any atom is -0.508 e. The maximum atomic E-state index is 9.53. The Morgan fingerprint density at radius 1 is 1.15 bits per heavy atom. The van der Waals surface area contributed by atoms with E-state index in [0.717, 1.165) is 25.9 Å². The van der Waals surface area contributed by atoms with Crippen molar-refractivity contribution in [3.05, 3.63) is 23.2 Å². The van der Waals surface area contributed by atoms with Gasteiger partial charge in [0.2, 0.25) is 0 Å². The van der Waals surface area contributed by atoms with E-state index in [4.69, 9.17) is 16.1 Å². The fourth-order valence-electron chi connectivity index (χ4n) is 2.40. The van der Waals surface area contributed by atoms with Crippen LogP contribution in [0.15, 0.2) is 22.7 Å². The molecule has 6 heteroatoms. The summed E-state index contributed by atoms with van der Waals surface area (Å²) in [5, 5.41) is 14.0. The van der Waals surface area contributed by atoms with Crippen molar-refractivity contribution in [1.29, 1.82) is 0 Å². The zero-order valence-electron chi connectivity index (χ0n) is 11.0. The first kappa shape index (κ1) is 13.2. The van der Waals surface area contributed by atoms with E-state index >= 15 is 0 Å². The minimum absolute atomic E-state index is 0.124. The van der Waals surface area contributed by atoms with Crippen LogP contribution in [0.25, 0.3) is 11.5 Å². The zero-order valence-corrected chi connectivity index (χ0v) is 11.8. The fraction of sp³-hybridized carbons (Fsp3) is 0.429. The molecule has 0 aliphatic carbocycles. The second-order valence-corrected chi connectivity index (χ2v) is 5.37. The molecular weight excluding hydrogens is 278 g/mol. The summed E-state index contributed by atoms with van der Waals surface area (Å²) in [5.74, 6) is 1.06. The molecule has 3 rings (SSSR count). The normalized spacial score (nSPS) is 16.1. The third-order valence-corrected chi connectivity index (χ3v) is 3.81. The topological polar surface area (TPSA) is 62.4 Å². The number of halogens is 1. The highest BCUT2D eigenvalue weighted by molar-refractivity contribution is 6.33. The van der Waals surface area contributed by atoms with E-state index in [9.17, 15) is 5.11 Å². The van der Waals surface area contributed by atoms with Crippen molar-refractivity contribution in [3.8, 4) is 17.2 Å². The summed E-state index contributed by atoms with van der Waals surface area (Å²) >= 11 is 6.10. The number of nitrogens with zero attached hydrogens (tertiary/aromatic N) is 3. The number of hydrogen-bond acceptors (Lipinski definition) is 5. The molecule has 20 heavy (non-hydrogen) atoms. The van der Waals surface area contributed by atoms with Crippen molar-refractivity contribution in [1.82, 2.24) is 10.1 Å². The summed E-state index contributed by atoms with van der Waals surface area (Å²) < 4.78 is 5.28. The average molecular weight is 294 g/mol. The van der Waals surface area contributed by atoms with Crippen LogP contribution in [-0.2, 0) is 0 Å². The predicted molar refractivity (Wildman–Crippen MR) is 77.1 cm³/mol. The lowest BCUT2D eigenvalue weighted by atomic mass is 10.2. The predicted octanol–water partition coefficient (Wildman–Crippen LogP) is 3.48. The molecule has 2 heterocycles. The number of phenolic OH excluding ortho intramolecular Hbond substituents is 1. The smallest absolute Gasteiger partial charge is 0.266 e. The van der Waals surface area contributed by atoms with Crippen LogP contribution in [0.5, 0.6) is 5.75 Å². The van der Waals surface area contributed by atoms with Gasteiger partial charge in [0.25, 0.3) is 11.8 Å². The van der Waals surface area contributed by atoms with Crippen LogP contribution in [0.1, 0.15) is 25.7 Å². The Bertz CT molecular complexity index is 592. The quantitative estimate of drug-likeness (QED) is 0.918. The van der Waals surface area contributed by atoms with E-state index in [2.05, 4.69) is 15.0 Å². The third kappa shape index (κ3) is 2.72. The molecule has 1 aliphatic heterocycles. The monoisotopic (exact) mass is 293 g/mol. The number of phenols is 1. The first-order chi connectivity index (χ1) is 9.74. The van der Waals surface area contributed by atoms with Crippen molar-refractivity contribution >= 4 is 17.5 Å². The average Bonchev–Trinajstić information content (AvgIpc) is 2.77. The molecule has 1 fully saturated rings. The van der Waals surface area contributed by atoms with Gasteiger partial charge in [0.05, 0.1) is 10.6 Å². The van der Waals surface area contributed by atoms with Crippen LogP contribution >= 0.6 is 11.6 Å². The molecule has 0 atom stereocenters. The molecule has 1 aromatic heterocycles. The summed E-state index contributed by atoms with van der Waals surface area (Å²) in [6.07, 6.45) is 4.80. The summed E-state index contributed by atoms with van der Waals surface area (Å²) in [5.41, 5.74) is 0.556. The molecule has 5 nitrogen and oxygen atoms in total. The van der Waals surface area contributed by atoms with Crippen molar-refractivity contribution in [2.45, 2.75) is 25.7 Å². The molecule has 106 valence electrons. The van der Waals surface area contributed by atoms with Crippen molar-refractivity contribution in [2.24, 2.45) is 0 Å². The van der Waals surface area contributed by atoms with Gasteiger partial charge in [-0.1, -0.05) is 24.4 Å². The van der Waals surface area contributed by atoms with E-state index < -0.39 is 0 Å². The fourth-order valence-corrected chi connectivity index (χ4v) is 2.60. The lowest BCUT2D eigenvalue weighted by Gasteiger charge is -2.16. The van der Waals surface area contributed by atoms with Crippen molar-refractivity contribution in [3.63, 3.8) is 0 Å². The number of benzene rings is 1. The SMILES string of the molecule is Oc1ccc(Cl)c(-c2nc(N3CCCCCC3)no2)c1. The second-order valence-electron chi connectivity index (χ2n) is 4.96. The van der Waals surface area contributed by atoms with Crippen LogP contribution in [0.4, 0.5) is 5.95 Å². The molecule has 2 aromatic rings. The Morgan fingerprint density at radius 2 is 1.90 bits per heavy atom. The van der Waals surface area contributed by atoms with E-state index in [1.807, 2.05) is 0 Å². The number of aromatic nitrogens is 2. The van der Waals surface area contributed by atoms with Gasteiger partial charge in [-0.05, 0) is 36.2 Å². The molecule has 1 aromatic carbocycles. The Kier molecular flexibility index (Phi) is 3.78. The Labute approximate surface area is 122 Å². The molecule has 0 amide bonds. The van der Waals surface area contributed by atoms with E-state index in [-0.39, 0.29) is 5.75 Å². The summed E-state index contributed by atoms with van der Waals surface area (Å²) in [6, 6.07) is 4.67. The van der Waals surface area contributed by atoms with Crippen LogP contribution in [0.2, 0.25) is 5.02 Å². The first-order valence-electron chi connectivity index (χ1n) is 6.81. The van der Waals surface area contributed by atoms with Gasteiger partial charge in [-0.15, -0.1) is 0 Å². The molecule has 1 saturated heterocycles. The number of hydrogen-bond donors (Lipinski definition) is 1. The molecule has 0 spiro atoms. The van der Waals surface area contributed by atoms with E-state index in [1.54, 1.807) is 6.07 Å². The Hall–Kier alpha value is -1.75. The lowest BCUT2D eigenvalue weighted by Crippen LogP contribution is -2.24. The largest absolute Gasteiger partial charge is 0.508 e. The summed E-state index contributed by atoms with van der Waals surface area (Å²) in [6.45, 7) is 1.90. The third-order valence-electron chi connectivity index (χ3n) is 3.48. The van der Waals surface area contributed by atoms with Gasteiger partial charge >= 0.3 is 0 Å². The van der Waals surface area contributed by atoms with Gasteiger partial charge in [-0.25, -0.2) is 0 Å². The number of rotatable bonds is 2. The molecule has 0 saturated carbocycles. The molecular formula is C14H16ClN3O2. The molecule has 1 N–H and O–H groups in total. The lowest BCUT2D eigenvalue weighted by molar-refractivity contribution is 0.428. The molecule has 0 unspecified atom stereocenters. The van der Waals surface area contributed by atoms with E-state index in [1.165, 1.54) is 25.0 Å². The van der Waals surface area contributed by atoms with Crippen molar-refractivity contribution < 1.29 is 9.63 Å². The van der Waals surface area contributed by atoms with Gasteiger partial charge < -0.3 is 14.5 Å². The summed E-state index contributed by atoms with van der Waals surface area (Å²) in [7, 11) is 0. The van der Waals surface area contributed by atoms with Gasteiger partial charge in [-0.3, -0.25) is 0 Å². The standard InChI is InChI=1S/C14H16ClN3O2/c15-12-6-5-10(19)9-11(12)13-16-14(17-20-13)18-7-3-1-2-4-8-18/h5-6,9,19H,1-4,7-8H2. The van der Waals surface area contributed by atoms with Gasteiger partial charge in [0, 0.05) is 13.1 Å². The van der Waals surface area contributed by atoms with Crippen LogP contribution < -0.4 is 4.90 Å². The maximum absolute atomic E-state index is 9.53. The van der Waals surface area contributed by atoms with Crippen LogP contribution in [-0.4, -0.2) is 28.3 Å². The van der Waals surface area contributed by atoms with Crippen LogP contribution in [0.3, 0.4) is 0 Å². The van der Waals surface area contributed by atoms with Crippen molar-refractivity contribution in [2.75, 3.05) is 18.0 Å². The highest BCUT2D eigenvalue weighted by Gasteiger charge is 2.18. The molecule has 1 aliphatic rings. The molecule has 0 radical (unpaired) electrons. The Morgan fingerprint density at radius 3 is 2.65 bits per heavy atom. The maximum Gasteiger partial charge on any atom is 0.266 e. The first-order valence-corrected chi connectivity index (χ1v) is 7.19. The number of anilines is 1. The zero-order chi connectivity index (χ0) is 13.9. The minimum atomic E-state index is 0.124. The van der Waals surface area contributed by atoms with Gasteiger partial charge in [0.1, 0.15) is 5.75 Å². The highest BCUT2D eigenvalue weighted by Crippen LogP contribution is 2.31. The highest BCUT2D eigenvalue weighted by atomic mass is 35.5. The Balaban J connectivity index is 1.87. The van der Waals surface area contributed by atoms with Crippen LogP contribution in [0, 0.1) is 0 Å². The number of aromatic hydroxyl groups is 1. The second kappa shape index (κ2) is 5.71. The van der Waals surface area contributed by atoms with E-state index in [0.29, 0.717) is 22.4 Å². The van der Waals surface area contributed by atoms with Gasteiger partial charge in [0.15, 0.2) is 0 Å². The summed E-state index contributed by atoms with van der Waals surface area (Å²) in [4.78, 5) is 6.54. The van der Waals surface area contributed by atoms with Gasteiger partial charge in [-0.2, -0.15) is 4.98 Å². The molecule has 0 bridgehead atoms.